The normalized spacial score (nSPS) is 10.6. The standard InChI is InChI=1S/C17H20/c1-5-15-8-6-13(3)11-17(15)16-9-7-12(2)10-14(16)4/h6-11H,5H2,1-4H3. The van der Waals surface area contributed by atoms with Gasteiger partial charge in [0.05, 0.1) is 0 Å². The molecule has 0 aliphatic carbocycles. The van der Waals surface area contributed by atoms with Gasteiger partial charge in [0.1, 0.15) is 0 Å². The first-order chi connectivity index (χ1) is 8.11. The zero-order chi connectivity index (χ0) is 12.4. The summed E-state index contributed by atoms with van der Waals surface area (Å²) in [6.07, 6.45) is 1.09. The summed E-state index contributed by atoms with van der Waals surface area (Å²) in [5, 5.41) is 0. The number of benzene rings is 2. The predicted octanol–water partition coefficient (Wildman–Crippen LogP) is 4.84. The summed E-state index contributed by atoms with van der Waals surface area (Å²) in [6, 6.07) is 13.5. The van der Waals surface area contributed by atoms with E-state index in [1.54, 1.807) is 0 Å². The Morgan fingerprint density at radius 3 is 2.06 bits per heavy atom. The SMILES string of the molecule is CCc1ccc(C)cc1-c1ccc(C)cc1C. The summed E-state index contributed by atoms with van der Waals surface area (Å²) in [5.41, 5.74) is 8.23. The Balaban J connectivity index is 2.62. The molecule has 0 atom stereocenters. The Hall–Kier alpha value is -1.56. The molecule has 2 rings (SSSR count). The Morgan fingerprint density at radius 2 is 1.41 bits per heavy atom. The first-order valence-corrected chi connectivity index (χ1v) is 6.29. The topological polar surface area (TPSA) is 0 Å². The van der Waals surface area contributed by atoms with Crippen molar-refractivity contribution >= 4 is 0 Å². The summed E-state index contributed by atoms with van der Waals surface area (Å²) < 4.78 is 0. The van der Waals surface area contributed by atoms with Crippen LogP contribution in [0.3, 0.4) is 0 Å². The molecule has 0 aliphatic rings. The van der Waals surface area contributed by atoms with Crippen molar-refractivity contribution in [3.8, 4) is 11.1 Å². The second-order valence-corrected chi connectivity index (χ2v) is 4.83. The third-order valence-corrected chi connectivity index (χ3v) is 3.32. The van der Waals surface area contributed by atoms with Crippen molar-refractivity contribution in [2.45, 2.75) is 34.1 Å². The van der Waals surface area contributed by atoms with Crippen LogP contribution in [0.15, 0.2) is 36.4 Å². The molecule has 17 heavy (non-hydrogen) atoms. The van der Waals surface area contributed by atoms with Gasteiger partial charge in [-0.15, -0.1) is 0 Å². The molecular weight excluding hydrogens is 204 g/mol. The minimum Gasteiger partial charge on any atom is -0.0613 e. The molecule has 0 saturated heterocycles. The van der Waals surface area contributed by atoms with Gasteiger partial charge in [-0.05, 0) is 49.4 Å². The lowest BCUT2D eigenvalue weighted by Gasteiger charge is -2.12. The van der Waals surface area contributed by atoms with Crippen molar-refractivity contribution < 1.29 is 0 Å². The van der Waals surface area contributed by atoms with Gasteiger partial charge in [0.2, 0.25) is 0 Å². The van der Waals surface area contributed by atoms with Crippen molar-refractivity contribution in [3.63, 3.8) is 0 Å². The van der Waals surface area contributed by atoms with Crippen molar-refractivity contribution in [2.24, 2.45) is 0 Å². The fourth-order valence-electron chi connectivity index (χ4n) is 2.37. The molecule has 0 unspecified atom stereocenters. The Kier molecular flexibility index (Phi) is 3.33. The van der Waals surface area contributed by atoms with Gasteiger partial charge in [-0.25, -0.2) is 0 Å². The van der Waals surface area contributed by atoms with Gasteiger partial charge in [-0.1, -0.05) is 54.4 Å². The van der Waals surface area contributed by atoms with Gasteiger partial charge >= 0.3 is 0 Å². The van der Waals surface area contributed by atoms with Crippen LogP contribution in [-0.4, -0.2) is 0 Å². The van der Waals surface area contributed by atoms with E-state index in [1.807, 2.05) is 0 Å². The van der Waals surface area contributed by atoms with E-state index in [9.17, 15) is 0 Å². The Labute approximate surface area is 104 Å². The van der Waals surface area contributed by atoms with Crippen LogP contribution >= 0.6 is 0 Å². The highest BCUT2D eigenvalue weighted by atomic mass is 14.1. The van der Waals surface area contributed by atoms with E-state index >= 15 is 0 Å². The maximum absolute atomic E-state index is 2.30. The average molecular weight is 224 g/mol. The number of rotatable bonds is 2. The lowest BCUT2D eigenvalue weighted by atomic mass is 9.92. The van der Waals surface area contributed by atoms with Gasteiger partial charge in [0.25, 0.3) is 0 Å². The van der Waals surface area contributed by atoms with E-state index in [-0.39, 0.29) is 0 Å². The molecule has 0 spiro atoms. The van der Waals surface area contributed by atoms with Crippen LogP contribution < -0.4 is 0 Å². The van der Waals surface area contributed by atoms with Crippen LogP contribution in [0.1, 0.15) is 29.2 Å². The Bertz CT molecular complexity index is 536. The van der Waals surface area contributed by atoms with Crippen molar-refractivity contribution in [3.05, 3.63) is 58.7 Å². The highest BCUT2D eigenvalue weighted by molar-refractivity contribution is 5.71. The molecule has 0 saturated carbocycles. The molecule has 0 fully saturated rings. The summed E-state index contributed by atoms with van der Waals surface area (Å²) in [6.45, 7) is 8.72. The molecule has 2 aromatic rings. The minimum atomic E-state index is 1.09. The van der Waals surface area contributed by atoms with Gasteiger partial charge < -0.3 is 0 Å². The molecule has 0 amide bonds. The second kappa shape index (κ2) is 4.75. The monoisotopic (exact) mass is 224 g/mol. The van der Waals surface area contributed by atoms with Crippen molar-refractivity contribution in [1.82, 2.24) is 0 Å². The zero-order valence-electron chi connectivity index (χ0n) is 11.2. The maximum Gasteiger partial charge on any atom is -0.0147 e. The van der Waals surface area contributed by atoms with Gasteiger partial charge in [0, 0.05) is 0 Å². The molecule has 88 valence electrons. The van der Waals surface area contributed by atoms with Crippen LogP contribution in [0.2, 0.25) is 0 Å². The van der Waals surface area contributed by atoms with Crippen LogP contribution in [0, 0.1) is 20.8 Å². The Morgan fingerprint density at radius 1 is 0.765 bits per heavy atom. The molecule has 0 radical (unpaired) electrons. The van der Waals surface area contributed by atoms with E-state index in [0.717, 1.165) is 6.42 Å². The summed E-state index contributed by atoms with van der Waals surface area (Å²) >= 11 is 0. The molecule has 0 N–H and O–H groups in total. The number of hydrogen-bond donors (Lipinski definition) is 0. The molecule has 0 aromatic heterocycles. The van der Waals surface area contributed by atoms with E-state index in [4.69, 9.17) is 0 Å². The highest BCUT2D eigenvalue weighted by Gasteiger charge is 2.06. The van der Waals surface area contributed by atoms with Crippen LogP contribution in [0.25, 0.3) is 11.1 Å². The van der Waals surface area contributed by atoms with E-state index in [2.05, 4.69) is 64.1 Å². The fraction of sp³-hybridized carbons (Fsp3) is 0.294. The van der Waals surface area contributed by atoms with Gasteiger partial charge in [-0.3, -0.25) is 0 Å². The van der Waals surface area contributed by atoms with E-state index in [0.29, 0.717) is 0 Å². The molecule has 0 aliphatic heterocycles. The first kappa shape index (κ1) is 11.9. The largest absolute Gasteiger partial charge is 0.0613 e. The third kappa shape index (κ3) is 2.41. The predicted molar refractivity (Wildman–Crippen MR) is 75.5 cm³/mol. The van der Waals surface area contributed by atoms with Crippen molar-refractivity contribution in [2.75, 3.05) is 0 Å². The molecule has 0 bridgehead atoms. The van der Waals surface area contributed by atoms with Crippen LogP contribution in [0.5, 0.6) is 0 Å². The number of aryl methyl sites for hydroxylation is 4. The molecule has 2 aromatic carbocycles. The van der Waals surface area contributed by atoms with Gasteiger partial charge in [0.15, 0.2) is 0 Å². The fourth-order valence-corrected chi connectivity index (χ4v) is 2.37. The minimum absolute atomic E-state index is 1.09. The molecular formula is C17H20. The highest BCUT2D eigenvalue weighted by Crippen LogP contribution is 2.28. The van der Waals surface area contributed by atoms with Gasteiger partial charge in [-0.2, -0.15) is 0 Å². The maximum atomic E-state index is 2.30. The van der Waals surface area contributed by atoms with Crippen LogP contribution in [-0.2, 0) is 6.42 Å². The quantitative estimate of drug-likeness (QED) is 0.684. The molecule has 0 heteroatoms. The first-order valence-electron chi connectivity index (χ1n) is 6.29. The van der Waals surface area contributed by atoms with E-state index < -0.39 is 0 Å². The molecule has 0 heterocycles. The smallest absolute Gasteiger partial charge is 0.0147 e. The summed E-state index contributed by atoms with van der Waals surface area (Å²) in [7, 11) is 0. The van der Waals surface area contributed by atoms with Crippen LogP contribution in [0.4, 0.5) is 0 Å². The number of hydrogen-bond acceptors (Lipinski definition) is 0. The molecule has 0 nitrogen and oxygen atoms in total. The second-order valence-electron chi connectivity index (χ2n) is 4.83. The lowest BCUT2D eigenvalue weighted by Crippen LogP contribution is -1.91. The lowest BCUT2D eigenvalue weighted by molar-refractivity contribution is 1.14. The summed E-state index contributed by atoms with van der Waals surface area (Å²) in [4.78, 5) is 0. The van der Waals surface area contributed by atoms with Crippen molar-refractivity contribution in [1.29, 1.82) is 0 Å². The average Bonchev–Trinajstić information content (AvgIpc) is 2.29. The zero-order valence-corrected chi connectivity index (χ0v) is 11.2. The van der Waals surface area contributed by atoms with E-state index in [1.165, 1.54) is 33.4 Å². The summed E-state index contributed by atoms with van der Waals surface area (Å²) in [5.74, 6) is 0. The third-order valence-electron chi connectivity index (χ3n) is 3.32.